The van der Waals surface area contributed by atoms with Crippen LogP contribution in [0.25, 0.3) is 0 Å². The fourth-order valence-electron chi connectivity index (χ4n) is 4.86. The predicted molar refractivity (Wildman–Crippen MR) is 112 cm³/mol. The topological polar surface area (TPSA) is 50.2 Å². The van der Waals surface area contributed by atoms with Gasteiger partial charge in [-0.1, -0.05) is 18.2 Å². The molecule has 0 N–H and O–H groups in total. The van der Waals surface area contributed by atoms with Crippen LogP contribution in [0.15, 0.2) is 47.8 Å². The van der Waals surface area contributed by atoms with Gasteiger partial charge in [0, 0.05) is 61.9 Å². The number of hydrogen-bond acceptors (Lipinski definition) is 6. The van der Waals surface area contributed by atoms with E-state index in [1.807, 2.05) is 24.4 Å². The molecule has 5 rings (SSSR count). The highest BCUT2D eigenvalue weighted by atomic mass is 16.5. The van der Waals surface area contributed by atoms with Crippen molar-refractivity contribution in [3.8, 4) is 11.5 Å². The minimum atomic E-state index is -0.429. The third-order valence-electron chi connectivity index (χ3n) is 6.51. The second kappa shape index (κ2) is 7.02. The van der Waals surface area contributed by atoms with Gasteiger partial charge in [0.1, 0.15) is 0 Å². The van der Waals surface area contributed by atoms with Gasteiger partial charge in [-0.3, -0.25) is 4.98 Å². The number of aromatic nitrogens is 1. The third kappa shape index (κ3) is 2.97. The van der Waals surface area contributed by atoms with Crippen LogP contribution >= 0.6 is 0 Å². The largest absolute Gasteiger partial charge is 0.493 e. The van der Waals surface area contributed by atoms with Crippen LogP contribution in [0.4, 0.5) is 0 Å². The molecule has 2 aromatic rings. The van der Waals surface area contributed by atoms with E-state index in [1.165, 1.54) is 0 Å². The standard InChI is InChI=1S/C23H28N4O2/c1-16(2)26-12-9-23(10-13-26)27-20(14-19(25-27)17-6-5-11-24-15-17)18-7-4-8-21(28-3)22(18)29-23/h4-8,11,15-16,20H,9-10,12-14H2,1-3H3/t20-/m1/s1. The van der Waals surface area contributed by atoms with Crippen molar-refractivity contribution in [1.29, 1.82) is 0 Å². The first-order valence-corrected chi connectivity index (χ1v) is 10.5. The maximum absolute atomic E-state index is 6.76. The molecule has 6 nitrogen and oxygen atoms in total. The fraction of sp³-hybridized carbons (Fsp3) is 0.478. The van der Waals surface area contributed by atoms with E-state index in [9.17, 15) is 0 Å². The molecule has 1 fully saturated rings. The molecule has 0 radical (unpaired) electrons. The minimum Gasteiger partial charge on any atom is -0.493 e. The van der Waals surface area contributed by atoms with Gasteiger partial charge in [-0.2, -0.15) is 5.10 Å². The number of ether oxygens (including phenoxy) is 2. The molecule has 4 heterocycles. The summed E-state index contributed by atoms with van der Waals surface area (Å²) in [6, 6.07) is 10.9. The van der Waals surface area contributed by atoms with Crippen molar-refractivity contribution >= 4 is 5.71 Å². The van der Waals surface area contributed by atoms with E-state index in [1.54, 1.807) is 13.3 Å². The Kier molecular flexibility index (Phi) is 4.46. The molecule has 3 aliphatic heterocycles. The molecule has 1 aromatic carbocycles. The summed E-state index contributed by atoms with van der Waals surface area (Å²) in [5, 5.41) is 7.35. The van der Waals surface area contributed by atoms with Crippen LogP contribution in [-0.4, -0.2) is 52.6 Å². The first kappa shape index (κ1) is 18.4. The van der Waals surface area contributed by atoms with E-state index in [-0.39, 0.29) is 6.04 Å². The molecule has 1 saturated heterocycles. The van der Waals surface area contributed by atoms with Gasteiger partial charge >= 0.3 is 0 Å². The Morgan fingerprint density at radius 3 is 2.69 bits per heavy atom. The number of rotatable bonds is 3. The van der Waals surface area contributed by atoms with E-state index in [2.05, 4.69) is 40.9 Å². The van der Waals surface area contributed by atoms with Crippen molar-refractivity contribution in [3.63, 3.8) is 0 Å². The van der Waals surface area contributed by atoms with Crippen molar-refractivity contribution in [3.05, 3.63) is 53.9 Å². The number of hydrazone groups is 1. The quantitative estimate of drug-likeness (QED) is 0.794. The lowest BCUT2D eigenvalue weighted by atomic mass is 9.90. The number of benzene rings is 1. The predicted octanol–water partition coefficient (Wildman–Crippen LogP) is 3.83. The smallest absolute Gasteiger partial charge is 0.200 e. The van der Waals surface area contributed by atoms with Crippen LogP contribution < -0.4 is 9.47 Å². The number of hydrogen-bond donors (Lipinski definition) is 0. The van der Waals surface area contributed by atoms with E-state index in [4.69, 9.17) is 14.6 Å². The zero-order chi connectivity index (χ0) is 20.0. The van der Waals surface area contributed by atoms with Gasteiger partial charge in [0.2, 0.25) is 5.72 Å². The highest BCUT2D eigenvalue weighted by Gasteiger charge is 2.52. The second-order valence-corrected chi connectivity index (χ2v) is 8.41. The number of nitrogens with zero attached hydrogens (tertiary/aromatic N) is 4. The van der Waals surface area contributed by atoms with E-state index in [0.29, 0.717) is 6.04 Å². The van der Waals surface area contributed by atoms with Gasteiger partial charge < -0.3 is 14.4 Å². The average Bonchev–Trinajstić information content (AvgIpc) is 3.21. The van der Waals surface area contributed by atoms with Crippen molar-refractivity contribution in [2.45, 2.75) is 50.9 Å². The van der Waals surface area contributed by atoms with Crippen molar-refractivity contribution in [2.24, 2.45) is 5.10 Å². The summed E-state index contributed by atoms with van der Waals surface area (Å²) in [5.74, 6) is 1.69. The molecule has 1 aromatic heterocycles. The number of methoxy groups -OCH3 is 1. The summed E-state index contributed by atoms with van der Waals surface area (Å²) >= 11 is 0. The Morgan fingerprint density at radius 1 is 1.17 bits per heavy atom. The minimum absolute atomic E-state index is 0.162. The summed E-state index contributed by atoms with van der Waals surface area (Å²) in [6.07, 6.45) is 6.40. The number of fused-ring (bicyclic) bond motifs is 4. The summed E-state index contributed by atoms with van der Waals surface area (Å²) in [4.78, 5) is 6.81. The molecule has 152 valence electrons. The molecule has 3 aliphatic rings. The zero-order valence-corrected chi connectivity index (χ0v) is 17.3. The molecule has 0 aliphatic carbocycles. The lowest BCUT2D eigenvalue weighted by Gasteiger charge is -2.51. The maximum Gasteiger partial charge on any atom is 0.200 e. The Hall–Kier alpha value is -2.60. The molecule has 1 spiro atoms. The molecule has 0 bridgehead atoms. The van der Waals surface area contributed by atoms with Gasteiger partial charge in [-0.25, -0.2) is 5.01 Å². The van der Waals surface area contributed by atoms with Crippen LogP contribution in [0.2, 0.25) is 0 Å². The molecule has 0 unspecified atom stereocenters. The normalized spacial score (nSPS) is 22.8. The average molecular weight is 393 g/mol. The molecular formula is C23H28N4O2. The van der Waals surface area contributed by atoms with Crippen molar-refractivity contribution < 1.29 is 9.47 Å². The molecular weight excluding hydrogens is 364 g/mol. The SMILES string of the molecule is COc1cccc2c1OC1(CCN(C(C)C)CC1)N1N=C(c3cccnc3)C[C@H]21. The number of likely N-dealkylation sites (tertiary alicyclic amines) is 1. The van der Waals surface area contributed by atoms with E-state index in [0.717, 1.165) is 60.7 Å². The highest BCUT2D eigenvalue weighted by molar-refractivity contribution is 6.01. The highest BCUT2D eigenvalue weighted by Crippen LogP contribution is 2.52. The van der Waals surface area contributed by atoms with Gasteiger partial charge in [-0.15, -0.1) is 0 Å². The van der Waals surface area contributed by atoms with Gasteiger partial charge in [0.15, 0.2) is 11.5 Å². The number of piperidine rings is 1. The fourth-order valence-corrected chi connectivity index (χ4v) is 4.86. The van der Waals surface area contributed by atoms with Crippen LogP contribution in [0.3, 0.4) is 0 Å². The monoisotopic (exact) mass is 392 g/mol. The maximum atomic E-state index is 6.76. The van der Waals surface area contributed by atoms with E-state index < -0.39 is 5.72 Å². The van der Waals surface area contributed by atoms with E-state index >= 15 is 0 Å². The molecule has 0 saturated carbocycles. The Bertz CT molecular complexity index is 920. The summed E-state index contributed by atoms with van der Waals surface area (Å²) in [6.45, 7) is 6.52. The molecule has 29 heavy (non-hydrogen) atoms. The summed E-state index contributed by atoms with van der Waals surface area (Å²) in [5.41, 5.74) is 2.89. The Balaban J connectivity index is 1.57. The Morgan fingerprint density at radius 2 is 2.00 bits per heavy atom. The number of pyridine rings is 1. The van der Waals surface area contributed by atoms with Crippen LogP contribution in [0.1, 0.15) is 50.3 Å². The van der Waals surface area contributed by atoms with Crippen LogP contribution in [0, 0.1) is 0 Å². The summed E-state index contributed by atoms with van der Waals surface area (Å²) in [7, 11) is 1.71. The lowest BCUT2D eigenvalue weighted by Crippen LogP contribution is -2.59. The Labute approximate surface area is 172 Å². The first-order valence-electron chi connectivity index (χ1n) is 10.5. The lowest BCUT2D eigenvalue weighted by molar-refractivity contribution is -0.153. The van der Waals surface area contributed by atoms with Gasteiger partial charge in [0.05, 0.1) is 18.9 Å². The first-order chi connectivity index (χ1) is 14.1. The van der Waals surface area contributed by atoms with Crippen molar-refractivity contribution in [1.82, 2.24) is 14.9 Å². The van der Waals surface area contributed by atoms with Crippen LogP contribution in [-0.2, 0) is 0 Å². The van der Waals surface area contributed by atoms with Gasteiger partial charge in [0.25, 0.3) is 0 Å². The molecule has 6 heteroatoms. The molecule has 0 amide bonds. The zero-order valence-electron chi connectivity index (χ0n) is 17.3. The summed E-state index contributed by atoms with van der Waals surface area (Å²) < 4.78 is 12.4. The molecule has 1 atom stereocenters. The number of para-hydroxylation sites is 1. The van der Waals surface area contributed by atoms with Gasteiger partial charge in [-0.05, 0) is 26.0 Å². The van der Waals surface area contributed by atoms with Crippen LogP contribution in [0.5, 0.6) is 11.5 Å². The van der Waals surface area contributed by atoms with Crippen molar-refractivity contribution in [2.75, 3.05) is 20.2 Å². The third-order valence-corrected chi connectivity index (χ3v) is 6.51. The second-order valence-electron chi connectivity index (χ2n) is 8.41.